The van der Waals surface area contributed by atoms with Crippen molar-refractivity contribution >= 4 is 34.8 Å². The topological polar surface area (TPSA) is 6.48 Å². The van der Waals surface area contributed by atoms with Gasteiger partial charge in [-0.25, -0.2) is 30.6 Å². The van der Waals surface area contributed by atoms with E-state index in [-0.39, 0.29) is 18.1 Å². The fraction of sp³-hybridized carbons (Fsp3) is 0.333. The number of rotatable bonds is 15. The molecule has 0 unspecified atom stereocenters. The number of hydrogen-bond acceptors (Lipinski definition) is 3. The van der Waals surface area contributed by atoms with Crippen molar-refractivity contribution in [1.82, 2.24) is 4.31 Å². The standard InChI is InChI=1S/C42H39ClF6N2S/c1-23(2)29-11-13-36(33(17-29)14-25-4-5-25)51(21-26-15-31(27-6-7-27)18-32(16-26)28-8-9-28)24(3)20-50(22-30-10-12-34(44)19-35(30)43)52-42-40(48)38(46)37(45)39(47)41(42)49/h10-13,15-19,25,27-28H,1,3-9,14,20-22H2,2H3. The molecule has 0 radical (unpaired) electrons. The van der Waals surface area contributed by atoms with Gasteiger partial charge in [0.05, 0.1) is 0 Å². The molecule has 7 rings (SSSR count). The van der Waals surface area contributed by atoms with E-state index in [0.29, 0.717) is 47.5 Å². The summed E-state index contributed by atoms with van der Waals surface area (Å²) in [6.07, 6.45) is 7.76. The molecule has 52 heavy (non-hydrogen) atoms. The van der Waals surface area contributed by atoms with Crippen LogP contribution in [0.5, 0.6) is 0 Å². The van der Waals surface area contributed by atoms with Crippen LogP contribution < -0.4 is 4.90 Å². The third kappa shape index (κ3) is 8.27. The normalized spacial score (nSPS) is 15.7. The Morgan fingerprint density at radius 1 is 0.731 bits per heavy atom. The summed E-state index contributed by atoms with van der Waals surface area (Å²) in [5.74, 6) is -9.12. The maximum absolute atomic E-state index is 15.1. The zero-order chi connectivity index (χ0) is 36.8. The Bertz CT molecular complexity index is 2000. The van der Waals surface area contributed by atoms with E-state index >= 15 is 8.78 Å². The molecule has 0 atom stereocenters. The van der Waals surface area contributed by atoms with Crippen LogP contribution in [0.2, 0.25) is 5.02 Å². The zero-order valence-corrected chi connectivity index (χ0v) is 30.4. The molecule has 3 aliphatic rings. The van der Waals surface area contributed by atoms with E-state index in [9.17, 15) is 17.6 Å². The molecule has 0 aromatic heterocycles. The Labute approximate surface area is 310 Å². The second kappa shape index (κ2) is 15.0. The van der Waals surface area contributed by atoms with E-state index in [4.69, 9.17) is 11.6 Å². The van der Waals surface area contributed by atoms with Crippen LogP contribution in [0, 0.1) is 40.8 Å². The Morgan fingerprint density at radius 3 is 1.90 bits per heavy atom. The van der Waals surface area contributed by atoms with Crippen molar-refractivity contribution in [1.29, 1.82) is 0 Å². The molecule has 0 saturated heterocycles. The Morgan fingerprint density at radius 2 is 1.35 bits per heavy atom. The summed E-state index contributed by atoms with van der Waals surface area (Å²) in [6.45, 7) is 10.9. The number of halogens is 7. The summed E-state index contributed by atoms with van der Waals surface area (Å²) in [4.78, 5) is 1.04. The molecule has 3 saturated carbocycles. The van der Waals surface area contributed by atoms with Gasteiger partial charge < -0.3 is 4.90 Å². The van der Waals surface area contributed by atoms with Gasteiger partial charge in [-0.1, -0.05) is 60.7 Å². The van der Waals surface area contributed by atoms with Gasteiger partial charge in [0.15, 0.2) is 23.3 Å². The highest BCUT2D eigenvalue weighted by Crippen LogP contribution is 2.46. The van der Waals surface area contributed by atoms with E-state index in [1.54, 1.807) is 0 Å². The number of anilines is 1. The lowest BCUT2D eigenvalue weighted by molar-refractivity contribution is 0.359. The van der Waals surface area contributed by atoms with Gasteiger partial charge in [-0.05, 0) is 139 Å². The molecule has 0 spiro atoms. The first kappa shape index (κ1) is 36.7. The number of benzene rings is 4. The SMILES string of the molecule is C=C(C)c1ccc(N(Cc2cc(C3CC3)cc(C3CC3)c2)C(=C)CN(Cc2ccc(F)cc2Cl)Sc2c(F)c(F)c(F)c(F)c2F)c(CC2CC2)c1. The first-order valence-electron chi connectivity index (χ1n) is 17.6. The van der Waals surface area contributed by atoms with Crippen LogP contribution in [-0.4, -0.2) is 10.8 Å². The summed E-state index contributed by atoms with van der Waals surface area (Å²) >= 11 is 6.76. The molecule has 2 nitrogen and oxygen atoms in total. The summed E-state index contributed by atoms with van der Waals surface area (Å²) in [5.41, 5.74) is 8.68. The highest BCUT2D eigenvalue weighted by molar-refractivity contribution is 7.97. The first-order chi connectivity index (χ1) is 24.9. The quantitative estimate of drug-likeness (QED) is 0.0517. The minimum absolute atomic E-state index is 0.0529. The number of allylic oxidation sites excluding steroid dienone is 1. The second-order valence-corrected chi connectivity index (χ2v) is 16.0. The number of nitrogens with zero attached hydrogens (tertiary/aromatic N) is 2. The summed E-state index contributed by atoms with van der Waals surface area (Å²) in [7, 11) is 0. The molecule has 10 heteroatoms. The molecule has 0 amide bonds. The van der Waals surface area contributed by atoms with Crippen molar-refractivity contribution in [2.75, 3.05) is 11.4 Å². The molecule has 0 aliphatic heterocycles. The molecular formula is C42H39ClF6N2S. The van der Waals surface area contributed by atoms with E-state index in [1.807, 2.05) is 13.0 Å². The average molecular weight is 753 g/mol. The van der Waals surface area contributed by atoms with Gasteiger partial charge in [-0.3, -0.25) is 0 Å². The second-order valence-electron chi connectivity index (χ2n) is 14.5. The highest BCUT2D eigenvalue weighted by Gasteiger charge is 2.32. The van der Waals surface area contributed by atoms with Gasteiger partial charge in [0.1, 0.15) is 10.7 Å². The largest absolute Gasteiger partial charge is 0.340 e. The molecule has 4 aromatic carbocycles. The van der Waals surface area contributed by atoms with Crippen molar-refractivity contribution in [2.45, 2.75) is 81.7 Å². The van der Waals surface area contributed by atoms with Crippen molar-refractivity contribution in [3.63, 3.8) is 0 Å². The predicted octanol–water partition coefficient (Wildman–Crippen LogP) is 12.6. The van der Waals surface area contributed by atoms with Crippen molar-refractivity contribution in [3.8, 4) is 0 Å². The maximum atomic E-state index is 15.1. The van der Waals surface area contributed by atoms with Gasteiger partial charge >= 0.3 is 0 Å². The fourth-order valence-electron chi connectivity index (χ4n) is 6.65. The smallest absolute Gasteiger partial charge is 0.200 e. The van der Waals surface area contributed by atoms with Crippen LogP contribution in [0.1, 0.15) is 90.7 Å². The monoisotopic (exact) mass is 752 g/mol. The molecule has 272 valence electrons. The van der Waals surface area contributed by atoms with Gasteiger partial charge in [-0.15, -0.1) is 0 Å². The lowest BCUT2D eigenvalue weighted by Gasteiger charge is -2.33. The molecule has 3 aliphatic carbocycles. The van der Waals surface area contributed by atoms with Gasteiger partial charge in [0.2, 0.25) is 5.82 Å². The van der Waals surface area contributed by atoms with E-state index < -0.39 is 39.8 Å². The zero-order valence-electron chi connectivity index (χ0n) is 28.9. The average Bonchev–Trinajstić information content (AvgIpc) is 3.95. The summed E-state index contributed by atoms with van der Waals surface area (Å²) in [5, 5.41) is 0.0529. The van der Waals surface area contributed by atoms with Crippen molar-refractivity contribution < 1.29 is 26.3 Å². The third-order valence-corrected chi connectivity index (χ3v) is 11.4. The fourth-order valence-corrected chi connectivity index (χ4v) is 7.89. The van der Waals surface area contributed by atoms with E-state index in [2.05, 4.69) is 48.4 Å². The van der Waals surface area contributed by atoms with Gasteiger partial charge in [0.25, 0.3) is 0 Å². The minimum atomic E-state index is -2.23. The molecule has 0 heterocycles. The Hall–Kier alpha value is -3.66. The molecule has 3 fully saturated rings. The lowest BCUT2D eigenvalue weighted by Crippen LogP contribution is -2.30. The third-order valence-electron chi connectivity index (χ3n) is 10.0. The molecule has 0 bridgehead atoms. The predicted molar refractivity (Wildman–Crippen MR) is 197 cm³/mol. The van der Waals surface area contributed by atoms with Crippen LogP contribution in [-0.2, 0) is 19.5 Å². The lowest BCUT2D eigenvalue weighted by atomic mass is 9.97. The van der Waals surface area contributed by atoms with Crippen LogP contribution >= 0.6 is 23.5 Å². The summed E-state index contributed by atoms with van der Waals surface area (Å²) < 4.78 is 88.4. The van der Waals surface area contributed by atoms with E-state index in [1.165, 1.54) is 27.6 Å². The molecule has 4 aromatic rings. The van der Waals surface area contributed by atoms with Crippen LogP contribution in [0.3, 0.4) is 0 Å². The van der Waals surface area contributed by atoms with Crippen molar-refractivity contribution in [2.24, 2.45) is 5.92 Å². The first-order valence-corrected chi connectivity index (χ1v) is 18.8. The van der Waals surface area contributed by atoms with E-state index in [0.717, 1.165) is 79.0 Å². The minimum Gasteiger partial charge on any atom is -0.340 e. The van der Waals surface area contributed by atoms with Gasteiger partial charge in [-0.2, -0.15) is 0 Å². The van der Waals surface area contributed by atoms with Crippen LogP contribution in [0.15, 0.2) is 78.3 Å². The maximum Gasteiger partial charge on any atom is 0.200 e. The highest BCUT2D eigenvalue weighted by atomic mass is 35.5. The number of hydrogen-bond donors (Lipinski definition) is 0. The molecular weight excluding hydrogens is 714 g/mol. The van der Waals surface area contributed by atoms with Crippen molar-refractivity contribution in [3.05, 3.63) is 147 Å². The Kier molecular flexibility index (Phi) is 10.6. The van der Waals surface area contributed by atoms with Crippen LogP contribution in [0.25, 0.3) is 5.57 Å². The summed E-state index contributed by atoms with van der Waals surface area (Å²) in [6, 6.07) is 16.8. The molecule has 0 N–H and O–H groups in total. The Balaban J connectivity index is 1.29. The van der Waals surface area contributed by atoms with Crippen LogP contribution in [0.4, 0.5) is 32.0 Å². The van der Waals surface area contributed by atoms with Gasteiger partial charge in [0, 0.05) is 36.0 Å².